The van der Waals surface area contributed by atoms with Gasteiger partial charge in [-0.15, -0.1) is 0 Å². The number of halogens is 2. The number of methoxy groups -OCH3 is 2. The first-order valence-corrected chi connectivity index (χ1v) is 11.0. The minimum absolute atomic E-state index is 0.0850. The SMILES string of the molecule is COc1ccc(CN2CC(C)(C)SC[C@@]2(C)c2cc(Br)ccc2F)c(OC)c1. The van der Waals surface area contributed by atoms with Crippen molar-refractivity contribution in [2.45, 2.75) is 37.6 Å². The molecule has 3 rings (SSSR count). The summed E-state index contributed by atoms with van der Waals surface area (Å²) in [6.45, 7) is 8.13. The number of thioether (sulfide) groups is 1. The van der Waals surface area contributed by atoms with Gasteiger partial charge < -0.3 is 9.47 Å². The Hall–Kier alpha value is -1.24. The molecule has 0 aromatic heterocycles. The van der Waals surface area contributed by atoms with Gasteiger partial charge >= 0.3 is 0 Å². The van der Waals surface area contributed by atoms with Gasteiger partial charge in [-0.1, -0.05) is 22.0 Å². The van der Waals surface area contributed by atoms with Crippen LogP contribution in [-0.4, -0.2) is 36.2 Å². The van der Waals surface area contributed by atoms with Crippen LogP contribution in [-0.2, 0) is 12.1 Å². The number of hydrogen-bond donors (Lipinski definition) is 0. The maximum Gasteiger partial charge on any atom is 0.128 e. The molecule has 0 amide bonds. The number of nitrogens with zero attached hydrogens (tertiary/aromatic N) is 1. The van der Waals surface area contributed by atoms with Crippen LogP contribution in [0.2, 0.25) is 0 Å². The molecule has 3 nitrogen and oxygen atoms in total. The van der Waals surface area contributed by atoms with Gasteiger partial charge in [0, 0.05) is 45.3 Å². The predicted molar refractivity (Wildman–Crippen MR) is 118 cm³/mol. The number of ether oxygens (including phenoxy) is 2. The Balaban J connectivity index is 2.02. The van der Waals surface area contributed by atoms with Crippen LogP contribution in [0.1, 0.15) is 31.9 Å². The molecule has 0 N–H and O–H groups in total. The fourth-order valence-electron chi connectivity index (χ4n) is 3.68. The number of rotatable bonds is 5. The Morgan fingerprint density at radius 3 is 2.54 bits per heavy atom. The second-order valence-electron chi connectivity index (χ2n) is 7.98. The average molecular weight is 468 g/mol. The highest BCUT2D eigenvalue weighted by atomic mass is 79.9. The van der Waals surface area contributed by atoms with E-state index in [1.807, 2.05) is 36.0 Å². The molecule has 2 aromatic carbocycles. The highest BCUT2D eigenvalue weighted by molar-refractivity contribution is 9.10. The molecule has 28 heavy (non-hydrogen) atoms. The van der Waals surface area contributed by atoms with Crippen molar-refractivity contribution in [1.82, 2.24) is 4.90 Å². The van der Waals surface area contributed by atoms with Crippen LogP contribution in [0.5, 0.6) is 11.5 Å². The summed E-state index contributed by atoms with van der Waals surface area (Å²) in [7, 11) is 3.31. The normalized spacial score (nSPS) is 22.1. The largest absolute Gasteiger partial charge is 0.497 e. The van der Waals surface area contributed by atoms with Crippen molar-refractivity contribution in [2.24, 2.45) is 0 Å². The van der Waals surface area contributed by atoms with E-state index in [9.17, 15) is 4.39 Å². The quantitative estimate of drug-likeness (QED) is 0.549. The summed E-state index contributed by atoms with van der Waals surface area (Å²) in [6, 6.07) is 11.1. The summed E-state index contributed by atoms with van der Waals surface area (Å²) < 4.78 is 26.8. The van der Waals surface area contributed by atoms with E-state index < -0.39 is 5.54 Å². The van der Waals surface area contributed by atoms with Crippen molar-refractivity contribution in [3.63, 3.8) is 0 Å². The van der Waals surface area contributed by atoms with Crippen molar-refractivity contribution < 1.29 is 13.9 Å². The Labute approximate surface area is 179 Å². The van der Waals surface area contributed by atoms with E-state index in [0.717, 1.165) is 39.4 Å². The van der Waals surface area contributed by atoms with Crippen molar-refractivity contribution in [2.75, 3.05) is 26.5 Å². The molecule has 0 aliphatic carbocycles. The minimum Gasteiger partial charge on any atom is -0.497 e. The zero-order valence-electron chi connectivity index (χ0n) is 17.0. The second-order valence-corrected chi connectivity index (χ2v) is 10.6. The molecule has 0 bridgehead atoms. The van der Waals surface area contributed by atoms with Crippen molar-refractivity contribution >= 4 is 27.7 Å². The van der Waals surface area contributed by atoms with E-state index in [0.29, 0.717) is 6.54 Å². The van der Waals surface area contributed by atoms with Crippen LogP contribution in [0.4, 0.5) is 4.39 Å². The predicted octanol–water partition coefficient (Wildman–Crippen LogP) is 5.85. The molecule has 6 heteroatoms. The van der Waals surface area contributed by atoms with Crippen LogP contribution in [0, 0.1) is 5.82 Å². The van der Waals surface area contributed by atoms with Crippen molar-refractivity contribution in [3.05, 3.63) is 57.8 Å². The standard InChI is InChI=1S/C22H27BrFNO2S/c1-21(2)13-25(12-15-6-8-17(26-4)11-20(15)27-5)22(3,14-28-21)18-10-16(23)7-9-19(18)24/h6-11H,12-14H2,1-5H3/t22-/m0/s1. The molecule has 0 saturated carbocycles. The molecular weight excluding hydrogens is 441 g/mol. The zero-order valence-corrected chi connectivity index (χ0v) is 19.4. The van der Waals surface area contributed by atoms with E-state index in [2.05, 4.69) is 41.6 Å². The van der Waals surface area contributed by atoms with Crippen LogP contribution < -0.4 is 9.47 Å². The van der Waals surface area contributed by atoms with Gasteiger partial charge in [0.2, 0.25) is 0 Å². The fraction of sp³-hybridized carbons (Fsp3) is 0.455. The molecule has 0 unspecified atom stereocenters. The van der Waals surface area contributed by atoms with Gasteiger partial charge in [0.25, 0.3) is 0 Å². The molecule has 1 aliphatic heterocycles. The smallest absolute Gasteiger partial charge is 0.128 e. The van der Waals surface area contributed by atoms with Crippen molar-refractivity contribution in [1.29, 1.82) is 0 Å². The Bertz CT molecular complexity index is 860. The van der Waals surface area contributed by atoms with E-state index in [4.69, 9.17) is 9.47 Å². The molecule has 1 fully saturated rings. The minimum atomic E-state index is -0.432. The molecule has 152 valence electrons. The molecule has 2 aromatic rings. The van der Waals surface area contributed by atoms with Crippen molar-refractivity contribution in [3.8, 4) is 11.5 Å². The van der Waals surface area contributed by atoms with Gasteiger partial charge in [0.05, 0.1) is 19.8 Å². The summed E-state index contributed by atoms with van der Waals surface area (Å²) >= 11 is 5.40. The van der Waals surface area contributed by atoms with Gasteiger partial charge in [-0.3, -0.25) is 4.90 Å². The van der Waals surface area contributed by atoms with Gasteiger partial charge in [-0.25, -0.2) is 4.39 Å². The first-order valence-electron chi connectivity index (χ1n) is 9.24. The van der Waals surface area contributed by atoms with E-state index in [-0.39, 0.29) is 10.6 Å². The molecular formula is C22H27BrFNO2S. The molecule has 1 atom stereocenters. The maximum absolute atomic E-state index is 14.9. The molecule has 1 saturated heterocycles. The van der Waals surface area contributed by atoms with Crippen LogP contribution in [0.25, 0.3) is 0 Å². The first kappa shape index (κ1) is 21.5. The van der Waals surface area contributed by atoms with Gasteiger partial charge in [0.15, 0.2) is 0 Å². The molecule has 1 aliphatic rings. The molecule has 0 radical (unpaired) electrons. The van der Waals surface area contributed by atoms with E-state index >= 15 is 0 Å². The highest BCUT2D eigenvalue weighted by Gasteiger charge is 2.44. The Kier molecular flexibility index (Phi) is 6.32. The Morgan fingerprint density at radius 1 is 1.11 bits per heavy atom. The lowest BCUT2D eigenvalue weighted by molar-refractivity contribution is 0.0908. The van der Waals surface area contributed by atoms with E-state index in [1.54, 1.807) is 26.4 Å². The first-order chi connectivity index (χ1) is 13.2. The molecule has 0 spiro atoms. The summed E-state index contributed by atoms with van der Waals surface area (Å²) in [5.74, 6) is 2.19. The van der Waals surface area contributed by atoms with Crippen LogP contribution >= 0.6 is 27.7 Å². The average Bonchev–Trinajstić information content (AvgIpc) is 2.67. The summed E-state index contributed by atoms with van der Waals surface area (Å²) in [4.78, 5) is 2.37. The lowest BCUT2D eigenvalue weighted by Gasteiger charge is -2.50. The third kappa shape index (κ3) is 4.34. The highest BCUT2D eigenvalue weighted by Crippen LogP contribution is 2.45. The van der Waals surface area contributed by atoms with Gasteiger partial charge in [0.1, 0.15) is 17.3 Å². The van der Waals surface area contributed by atoms with E-state index in [1.165, 1.54) is 0 Å². The Morgan fingerprint density at radius 2 is 1.86 bits per heavy atom. The van der Waals surface area contributed by atoms with Crippen LogP contribution in [0.3, 0.4) is 0 Å². The third-order valence-electron chi connectivity index (χ3n) is 5.38. The fourth-order valence-corrected chi connectivity index (χ4v) is 5.30. The lowest BCUT2D eigenvalue weighted by Crippen LogP contribution is -2.55. The summed E-state index contributed by atoms with van der Waals surface area (Å²) in [5.41, 5.74) is 1.35. The lowest BCUT2D eigenvalue weighted by atomic mass is 9.89. The van der Waals surface area contributed by atoms with Gasteiger partial charge in [-0.2, -0.15) is 11.8 Å². The number of hydrogen-bond acceptors (Lipinski definition) is 4. The second kappa shape index (κ2) is 8.25. The van der Waals surface area contributed by atoms with Gasteiger partial charge in [-0.05, 0) is 45.0 Å². The van der Waals surface area contributed by atoms with Crippen LogP contribution in [0.15, 0.2) is 40.9 Å². The molecule has 1 heterocycles. The third-order valence-corrected chi connectivity index (χ3v) is 7.49. The number of benzene rings is 2. The summed E-state index contributed by atoms with van der Waals surface area (Å²) in [6.07, 6.45) is 0. The monoisotopic (exact) mass is 467 g/mol. The maximum atomic E-state index is 14.9. The topological polar surface area (TPSA) is 21.7 Å². The zero-order chi connectivity index (χ0) is 20.5. The summed E-state index contributed by atoms with van der Waals surface area (Å²) in [5, 5.41) is 0.